The molecule has 4 heteroatoms. The Morgan fingerprint density at radius 3 is 1.96 bits per heavy atom. The molecule has 0 fully saturated rings. The highest BCUT2D eigenvalue weighted by Gasteiger charge is 2.37. The van der Waals surface area contributed by atoms with Crippen LogP contribution in [0, 0.1) is 11.8 Å². The normalized spacial score (nSPS) is 18.5. The number of hydrogen-bond acceptors (Lipinski definition) is 2. The summed E-state index contributed by atoms with van der Waals surface area (Å²) in [5, 5.41) is 2.84. The molecule has 0 radical (unpaired) electrons. The fourth-order valence-corrected chi connectivity index (χ4v) is 3.40. The van der Waals surface area contributed by atoms with Crippen LogP contribution in [0.3, 0.4) is 0 Å². The number of allylic oxidation sites excluding steroid dienone is 2. The molecule has 2 atom stereocenters. The van der Waals surface area contributed by atoms with Gasteiger partial charge in [0.25, 0.3) is 0 Å². The van der Waals surface area contributed by atoms with E-state index in [2.05, 4.69) is 11.9 Å². The second-order valence-electron chi connectivity index (χ2n) is 6.53. The number of benzene rings is 2. The summed E-state index contributed by atoms with van der Waals surface area (Å²) in [6.45, 7) is 4.04. The lowest BCUT2D eigenvalue weighted by Gasteiger charge is -2.32. The molecule has 0 bridgehead atoms. The van der Waals surface area contributed by atoms with Gasteiger partial charge in [0.1, 0.15) is 0 Å². The van der Waals surface area contributed by atoms with Crippen LogP contribution >= 0.6 is 0 Å². The van der Waals surface area contributed by atoms with Gasteiger partial charge in [-0.05, 0) is 37.1 Å². The number of hydrogen-bond donors (Lipinski definition) is 1. The Labute approximate surface area is 160 Å². The number of nitrogens with zero attached hydrogens (tertiary/aromatic N) is 1. The van der Waals surface area contributed by atoms with E-state index in [4.69, 9.17) is 0 Å². The zero-order valence-corrected chi connectivity index (χ0v) is 15.3. The van der Waals surface area contributed by atoms with Crippen LogP contribution in [0.25, 0.3) is 0 Å². The first kappa shape index (κ1) is 18.6. The fraction of sp³-hybridized carbons (Fsp3) is 0.217. The van der Waals surface area contributed by atoms with Gasteiger partial charge in [-0.15, -0.1) is 6.58 Å². The molecule has 1 aliphatic rings. The van der Waals surface area contributed by atoms with E-state index in [1.54, 1.807) is 11.0 Å². The number of nitrogens with one attached hydrogen (secondary N) is 1. The molecule has 0 saturated heterocycles. The molecule has 0 aliphatic heterocycles. The topological polar surface area (TPSA) is 49.4 Å². The van der Waals surface area contributed by atoms with Crippen LogP contribution in [0.5, 0.6) is 0 Å². The lowest BCUT2D eigenvalue weighted by Crippen LogP contribution is -2.43. The molecule has 1 N–H and O–H groups in total. The van der Waals surface area contributed by atoms with Crippen molar-refractivity contribution in [1.82, 2.24) is 5.32 Å². The second-order valence-corrected chi connectivity index (χ2v) is 6.53. The summed E-state index contributed by atoms with van der Waals surface area (Å²) in [4.78, 5) is 27.9. The molecule has 3 rings (SSSR count). The zero-order valence-electron chi connectivity index (χ0n) is 15.3. The Hall–Kier alpha value is -3.14. The van der Waals surface area contributed by atoms with Gasteiger partial charge < -0.3 is 5.32 Å². The summed E-state index contributed by atoms with van der Waals surface area (Å²) in [5.41, 5.74) is 1.60. The van der Waals surface area contributed by atoms with Crippen LogP contribution in [-0.4, -0.2) is 18.4 Å². The first-order valence-corrected chi connectivity index (χ1v) is 9.20. The van der Waals surface area contributed by atoms with E-state index >= 15 is 0 Å². The molecule has 0 aromatic heterocycles. The van der Waals surface area contributed by atoms with E-state index in [9.17, 15) is 9.59 Å². The molecule has 4 nitrogen and oxygen atoms in total. The summed E-state index contributed by atoms with van der Waals surface area (Å²) in [7, 11) is 0. The minimum absolute atomic E-state index is 0.0597. The molecule has 2 aromatic carbocycles. The highest BCUT2D eigenvalue weighted by atomic mass is 16.2. The predicted octanol–water partition coefficient (Wildman–Crippen LogP) is 4.24. The van der Waals surface area contributed by atoms with Gasteiger partial charge in [-0.3, -0.25) is 14.5 Å². The fourth-order valence-electron chi connectivity index (χ4n) is 3.40. The van der Waals surface area contributed by atoms with Crippen LogP contribution in [0.2, 0.25) is 0 Å². The highest BCUT2D eigenvalue weighted by Crippen LogP contribution is 2.33. The second kappa shape index (κ2) is 8.99. The van der Waals surface area contributed by atoms with E-state index in [0.29, 0.717) is 19.4 Å². The largest absolute Gasteiger partial charge is 0.352 e. The smallest absolute Gasteiger partial charge is 0.235 e. The number of para-hydroxylation sites is 2. The van der Waals surface area contributed by atoms with E-state index in [1.165, 1.54) is 0 Å². The molecule has 2 aromatic rings. The summed E-state index contributed by atoms with van der Waals surface area (Å²) in [5.74, 6) is -0.938. The van der Waals surface area contributed by atoms with Crippen molar-refractivity contribution in [2.45, 2.75) is 12.8 Å². The van der Waals surface area contributed by atoms with E-state index in [1.807, 2.05) is 72.8 Å². The van der Waals surface area contributed by atoms with Crippen molar-refractivity contribution in [3.63, 3.8) is 0 Å². The van der Waals surface area contributed by atoms with Crippen molar-refractivity contribution < 1.29 is 9.59 Å². The maximum absolute atomic E-state index is 13.6. The van der Waals surface area contributed by atoms with Gasteiger partial charge in [-0.1, -0.05) is 54.6 Å². The predicted molar refractivity (Wildman–Crippen MR) is 109 cm³/mol. The molecule has 138 valence electrons. The molecule has 27 heavy (non-hydrogen) atoms. The van der Waals surface area contributed by atoms with Gasteiger partial charge in [-0.2, -0.15) is 0 Å². The zero-order chi connectivity index (χ0) is 19.1. The Bertz CT molecular complexity index is 775. The van der Waals surface area contributed by atoms with Gasteiger partial charge in [0.05, 0.1) is 11.8 Å². The van der Waals surface area contributed by atoms with E-state index in [0.717, 1.165) is 11.4 Å². The highest BCUT2D eigenvalue weighted by molar-refractivity contribution is 6.03. The van der Waals surface area contributed by atoms with Crippen molar-refractivity contribution in [1.29, 1.82) is 0 Å². The van der Waals surface area contributed by atoms with Crippen molar-refractivity contribution in [2.24, 2.45) is 11.8 Å². The minimum Gasteiger partial charge on any atom is -0.352 e. The van der Waals surface area contributed by atoms with Gasteiger partial charge in [0, 0.05) is 17.9 Å². The van der Waals surface area contributed by atoms with E-state index in [-0.39, 0.29) is 17.7 Å². The van der Waals surface area contributed by atoms with Crippen LogP contribution in [-0.2, 0) is 9.59 Å². The summed E-state index contributed by atoms with van der Waals surface area (Å²) >= 11 is 0. The van der Waals surface area contributed by atoms with Gasteiger partial charge in [0.15, 0.2) is 0 Å². The van der Waals surface area contributed by atoms with Crippen LogP contribution < -0.4 is 10.2 Å². The van der Waals surface area contributed by atoms with Crippen LogP contribution in [0.4, 0.5) is 11.4 Å². The number of amides is 2. The van der Waals surface area contributed by atoms with Crippen molar-refractivity contribution in [3.8, 4) is 0 Å². The Kier molecular flexibility index (Phi) is 6.21. The Morgan fingerprint density at radius 2 is 1.44 bits per heavy atom. The molecule has 0 heterocycles. The maximum Gasteiger partial charge on any atom is 0.235 e. The Balaban J connectivity index is 1.94. The molecule has 0 spiro atoms. The minimum atomic E-state index is -0.403. The van der Waals surface area contributed by atoms with Gasteiger partial charge >= 0.3 is 0 Å². The molecule has 0 saturated carbocycles. The number of rotatable bonds is 6. The quantitative estimate of drug-likeness (QED) is 0.784. The average molecular weight is 360 g/mol. The number of carbonyl (C=O) groups excluding carboxylic acids is 2. The third-order valence-electron chi connectivity index (χ3n) is 4.76. The SMILES string of the molecule is C=CCNC(=O)C1CC=CCC1C(=O)N(c1ccccc1)c1ccccc1. The number of carbonyl (C=O) groups is 2. The van der Waals surface area contributed by atoms with Gasteiger partial charge in [-0.25, -0.2) is 0 Å². The average Bonchev–Trinajstić information content (AvgIpc) is 2.73. The third-order valence-corrected chi connectivity index (χ3v) is 4.76. The third kappa shape index (κ3) is 4.34. The lowest BCUT2D eigenvalue weighted by molar-refractivity contribution is -0.133. The van der Waals surface area contributed by atoms with Crippen molar-refractivity contribution in [2.75, 3.05) is 11.4 Å². The Morgan fingerprint density at radius 1 is 0.926 bits per heavy atom. The standard InChI is InChI=1S/C23H24N2O2/c1-2-17-24-22(26)20-15-9-10-16-21(20)23(27)25(18-11-5-3-6-12-18)19-13-7-4-8-14-19/h2-14,20-21H,1,15-17H2,(H,24,26). The summed E-state index contributed by atoms with van der Waals surface area (Å²) < 4.78 is 0. The molecule has 2 unspecified atom stereocenters. The molecule has 1 aliphatic carbocycles. The van der Waals surface area contributed by atoms with Gasteiger partial charge in [0.2, 0.25) is 11.8 Å². The van der Waals surface area contributed by atoms with E-state index < -0.39 is 5.92 Å². The monoisotopic (exact) mass is 360 g/mol. The summed E-state index contributed by atoms with van der Waals surface area (Å²) in [6, 6.07) is 19.1. The molecular weight excluding hydrogens is 336 g/mol. The first-order valence-electron chi connectivity index (χ1n) is 9.20. The molecule has 2 amide bonds. The van der Waals surface area contributed by atoms with Crippen LogP contribution in [0.1, 0.15) is 12.8 Å². The van der Waals surface area contributed by atoms with Crippen LogP contribution in [0.15, 0.2) is 85.5 Å². The van der Waals surface area contributed by atoms with Crippen molar-refractivity contribution in [3.05, 3.63) is 85.5 Å². The molecular formula is C23H24N2O2. The number of anilines is 2. The lowest BCUT2D eigenvalue weighted by atomic mass is 9.81. The van der Waals surface area contributed by atoms with Crippen molar-refractivity contribution >= 4 is 23.2 Å². The summed E-state index contributed by atoms with van der Waals surface area (Å²) in [6.07, 6.45) is 6.75. The maximum atomic E-state index is 13.6. The first-order chi connectivity index (χ1) is 13.2.